The monoisotopic (exact) mass is 663 g/mol. The normalized spacial score (nSPS) is 16.0. The number of Topliss-reactive ketones (excluding diaryl/α,β-unsaturated/α-hetero) is 1. The van der Waals surface area contributed by atoms with Gasteiger partial charge in [-0.05, 0) is 60.0 Å². The predicted molar refractivity (Wildman–Crippen MR) is 182 cm³/mol. The summed E-state index contributed by atoms with van der Waals surface area (Å²) < 4.78 is 13.7. The molecular formula is C35H29N5O5S2. The molecule has 1 fully saturated rings. The number of ether oxygens (including phenoxy) is 2. The number of carbonyl (C=O) groups excluding carboxylic acids is 2. The quantitative estimate of drug-likeness (QED) is 0.0575. The Bertz CT molecular complexity index is 2200. The van der Waals surface area contributed by atoms with Gasteiger partial charge in [0.25, 0.3) is 5.78 Å². The number of carbonyl (C=O) groups is 2. The van der Waals surface area contributed by atoms with Crippen LogP contribution < -0.4 is 14.4 Å². The van der Waals surface area contributed by atoms with Gasteiger partial charge in [0.15, 0.2) is 21.6 Å². The zero-order valence-electron chi connectivity index (χ0n) is 25.7. The van der Waals surface area contributed by atoms with Crippen molar-refractivity contribution in [3.8, 4) is 11.5 Å². The smallest absolute Gasteiger partial charge is 0.301 e. The lowest BCUT2D eigenvalue weighted by molar-refractivity contribution is -0.132. The van der Waals surface area contributed by atoms with Crippen molar-refractivity contribution in [1.82, 2.24) is 19.6 Å². The average molecular weight is 664 g/mol. The van der Waals surface area contributed by atoms with E-state index >= 15 is 0 Å². The molecule has 12 heteroatoms. The van der Waals surface area contributed by atoms with Crippen LogP contribution in [0.1, 0.15) is 35.5 Å². The van der Waals surface area contributed by atoms with Crippen molar-refractivity contribution < 1.29 is 24.2 Å². The number of aromatic nitrogens is 4. The van der Waals surface area contributed by atoms with Crippen molar-refractivity contribution in [1.29, 1.82) is 0 Å². The van der Waals surface area contributed by atoms with E-state index in [2.05, 4.69) is 39.4 Å². The molecule has 6 aromatic rings. The lowest BCUT2D eigenvalue weighted by Crippen LogP contribution is -2.29. The first-order valence-electron chi connectivity index (χ1n) is 14.9. The first-order valence-corrected chi connectivity index (χ1v) is 16.7. The van der Waals surface area contributed by atoms with Gasteiger partial charge in [-0.2, -0.15) is 0 Å². The minimum Gasteiger partial charge on any atom is -0.505 e. The molecular weight excluding hydrogens is 635 g/mol. The van der Waals surface area contributed by atoms with Crippen LogP contribution in [0.15, 0.2) is 95.0 Å². The van der Waals surface area contributed by atoms with Crippen LogP contribution in [0.2, 0.25) is 0 Å². The summed E-state index contributed by atoms with van der Waals surface area (Å²) in [4.78, 5) is 33.6. The number of aliphatic hydroxyl groups excluding tert-OH is 1. The Morgan fingerprint density at radius 3 is 2.64 bits per heavy atom. The van der Waals surface area contributed by atoms with Gasteiger partial charge in [0.05, 0.1) is 31.0 Å². The van der Waals surface area contributed by atoms with Crippen LogP contribution >= 0.6 is 23.1 Å². The number of nitrogens with zero attached hydrogens (tertiary/aromatic N) is 5. The molecule has 0 spiro atoms. The van der Waals surface area contributed by atoms with Crippen LogP contribution in [0.5, 0.6) is 11.5 Å². The van der Waals surface area contributed by atoms with Crippen LogP contribution in [0, 0.1) is 6.92 Å². The molecule has 1 N–H and O–H groups in total. The van der Waals surface area contributed by atoms with Crippen LogP contribution in [-0.4, -0.2) is 50.1 Å². The van der Waals surface area contributed by atoms with E-state index in [1.54, 1.807) is 47.9 Å². The second-order valence-corrected chi connectivity index (χ2v) is 12.9. The Morgan fingerprint density at radius 2 is 1.81 bits per heavy atom. The van der Waals surface area contributed by atoms with Crippen LogP contribution in [0.25, 0.3) is 22.2 Å². The number of hydrogen-bond acceptors (Lipinski definition) is 10. The molecule has 0 saturated carbocycles. The molecule has 4 heterocycles. The largest absolute Gasteiger partial charge is 0.505 e. The van der Waals surface area contributed by atoms with E-state index in [9.17, 15) is 14.7 Å². The lowest BCUT2D eigenvalue weighted by atomic mass is 9.96. The number of ketones is 1. The number of benzene rings is 3. The van der Waals surface area contributed by atoms with Gasteiger partial charge in [-0.1, -0.05) is 77.7 Å². The first-order chi connectivity index (χ1) is 22.9. The summed E-state index contributed by atoms with van der Waals surface area (Å²) in [6, 6.07) is 24.0. The number of hydrogen-bond donors (Lipinski definition) is 1. The highest BCUT2D eigenvalue weighted by atomic mass is 32.2. The van der Waals surface area contributed by atoms with E-state index in [0.29, 0.717) is 50.8 Å². The SMILES string of the molecule is CCOc1ccc(C2C(=C(O)c3c(C)nc4ccccn34)C(=O)C(=O)N2c2nnc(SCc3cccc4ccccc34)s2)cc1OC. The third kappa shape index (κ3) is 5.38. The molecule has 10 nitrogen and oxygen atoms in total. The van der Waals surface area contributed by atoms with E-state index < -0.39 is 17.7 Å². The van der Waals surface area contributed by atoms with Gasteiger partial charge in [0, 0.05) is 11.9 Å². The lowest BCUT2D eigenvalue weighted by Gasteiger charge is -2.23. The van der Waals surface area contributed by atoms with Crippen molar-refractivity contribution >= 4 is 62.1 Å². The maximum atomic E-state index is 13.9. The Balaban J connectivity index is 1.32. The molecule has 1 aliphatic heterocycles. The van der Waals surface area contributed by atoms with Crippen molar-refractivity contribution in [2.75, 3.05) is 18.6 Å². The zero-order valence-corrected chi connectivity index (χ0v) is 27.3. The van der Waals surface area contributed by atoms with E-state index in [0.717, 1.165) is 16.3 Å². The molecule has 1 atom stereocenters. The average Bonchev–Trinajstić information content (AvgIpc) is 3.77. The number of rotatable bonds is 9. The Morgan fingerprint density at radius 1 is 1.00 bits per heavy atom. The summed E-state index contributed by atoms with van der Waals surface area (Å²) in [7, 11) is 1.52. The number of thioether (sulfide) groups is 1. The Labute approximate surface area is 278 Å². The van der Waals surface area contributed by atoms with Gasteiger partial charge in [-0.15, -0.1) is 10.2 Å². The molecule has 1 aliphatic rings. The maximum absolute atomic E-state index is 13.9. The van der Waals surface area contributed by atoms with Crippen LogP contribution in [0.4, 0.5) is 5.13 Å². The highest BCUT2D eigenvalue weighted by molar-refractivity contribution is 8.00. The predicted octanol–water partition coefficient (Wildman–Crippen LogP) is 6.97. The number of methoxy groups -OCH3 is 1. The molecule has 1 unspecified atom stereocenters. The third-order valence-corrected chi connectivity index (χ3v) is 10.1. The van der Waals surface area contributed by atoms with Crippen LogP contribution in [0.3, 0.4) is 0 Å². The highest BCUT2D eigenvalue weighted by Gasteiger charge is 2.49. The van der Waals surface area contributed by atoms with E-state index in [-0.39, 0.29) is 16.5 Å². The van der Waals surface area contributed by atoms with Gasteiger partial charge in [-0.3, -0.25) is 18.9 Å². The molecule has 0 bridgehead atoms. The summed E-state index contributed by atoms with van der Waals surface area (Å²) in [5.41, 5.74) is 3.01. The summed E-state index contributed by atoms with van der Waals surface area (Å²) in [5.74, 6) is -0.429. The fourth-order valence-corrected chi connectivity index (χ4v) is 7.79. The van der Waals surface area contributed by atoms with E-state index in [4.69, 9.17) is 9.47 Å². The summed E-state index contributed by atoms with van der Waals surface area (Å²) in [5, 5.41) is 23.2. The van der Waals surface area contributed by atoms with Gasteiger partial charge in [-0.25, -0.2) is 4.98 Å². The number of amides is 1. The number of aliphatic hydroxyl groups is 1. The summed E-state index contributed by atoms with van der Waals surface area (Å²) in [6.07, 6.45) is 1.75. The number of anilines is 1. The van der Waals surface area contributed by atoms with Crippen LogP contribution in [-0.2, 0) is 15.3 Å². The molecule has 47 heavy (non-hydrogen) atoms. The maximum Gasteiger partial charge on any atom is 0.301 e. The van der Waals surface area contributed by atoms with Gasteiger partial charge < -0.3 is 14.6 Å². The molecule has 1 amide bonds. The number of pyridine rings is 1. The summed E-state index contributed by atoms with van der Waals surface area (Å²) in [6.45, 7) is 4.04. The zero-order chi connectivity index (χ0) is 32.7. The fourth-order valence-electron chi connectivity index (χ4n) is 5.92. The van der Waals surface area contributed by atoms with Gasteiger partial charge in [0.2, 0.25) is 5.13 Å². The van der Waals surface area contributed by atoms with E-state index in [1.165, 1.54) is 35.1 Å². The minimum absolute atomic E-state index is 0.0878. The standard InChI is InChI=1S/C35H29N5O5S2/c1-4-45-25-16-15-22(18-26(25)44-3)30-28(31(41)29-20(2)36-27-14-7-8-17-39(27)29)32(42)33(43)40(30)34-37-38-35(47-34)46-19-23-12-9-11-21-10-5-6-13-24(21)23/h5-18,30,41H,4,19H2,1-3H3. The van der Waals surface area contributed by atoms with Crippen molar-refractivity contribution in [2.45, 2.75) is 30.0 Å². The fraction of sp³-hybridized carbons (Fsp3) is 0.171. The Hall–Kier alpha value is -5.20. The molecule has 0 aliphatic carbocycles. The number of fused-ring (bicyclic) bond motifs is 2. The van der Waals surface area contributed by atoms with Crippen molar-refractivity contribution in [3.63, 3.8) is 0 Å². The van der Waals surface area contributed by atoms with Crippen molar-refractivity contribution in [3.05, 3.63) is 113 Å². The third-order valence-electron chi connectivity index (χ3n) is 8.01. The molecule has 3 aromatic carbocycles. The molecule has 7 rings (SSSR count). The minimum atomic E-state index is -1.03. The number of imidazole rings is 1. The molecule has 236 valence electrons. The van der Waals surface area contributed by atoms with Gasteiger partial charge in [0.1, 0.15) is 11.3 Å². The molecule has 0 radical (unpaired) electrons. The van der Waals surface area contributed by atoms with Gasteiger partial charge >= 0.3 is 5.91 Å². The van der Waals surface area contributed by atoms with E-state index in [1.807, 2.05) is 31.2 Å². The summed E-state index contributed by atoms with van der Waals surface area (Å²) >= 11 is 2.71. The van der Waals surface area contributed by atoms with Crippen molar-refractivity contribution in [2.24, 2.45) is 0 Å². The first kappa shape index (κ1) is 30.5. The second kappa shape index (κ2) is 12.5. The topological polar surface area (TPSA) is 119 Å². The second-order valence-electron chi connectivity index (χ2n) is 10.8. The highest BCUT2D eigenvalue weighted by Crippen LogP contribution is 2.46. The molecule has 3 aromatic heterocycles. The Kier molecular flexibility index (Phi) is 8.12. The molecule has 1 saturated heterocycles. The number of aryl methyl sites for hydroxylation is 1.